The van der Waals surface area contributed by atoms with E-state index in [4.69, 9.17) is 4.74 Å². The molecule has 1 fully saturated rings. The summed E-state index contributed by atoms with van der Waals surface area (Å²) in [4.78, 5) is 24.1. The summed E-state index contributed by atoms with van der Waals surface area (Å²) in [7, 11) is -3.82. The second-order valence-electron chi connectivity index (χ2n) is 7.05. The van der Waals surface area contributed by atoms with Crippen molar-refractivity contribution in [2.24, 2.45) is 0 Å². The molecule has 1 aliphatic carbocycles. The largest absolute Gasteiger partial charge is 0.452 e. The SMILES string of the molecule is Cc1ccc(S(=O)(=O)NCC(=O)O[C@H](C)C(=O)NC2CCCCC2)cc1C. The molecule has 1 atom stereocenters. The van der Waals surface area contributed by atoms with E-state index in [0.717, 1.165) is 36.8 Å². The molecule has 0 aromatic heterocycles. The van der Waals surface area contributed by atoms with E-state index in [1.807, 2.05) is 13.8 Å². The van der Waals surface area contributed by atoms with Crippen LogP contribution in [-0.4, -0.2) is 39.0 Å². The number of benzene rings is 1. The summed E-state index contributed by atoms with van der Waals surface area (Å²) in [5, 5.41) is 2.88. The van der Waals surface area contributed by atoms with Crippen molar-refractivity contribution in [2.75, 3.05) is 6.54 Å². The minimum atomic E-state index is -3.82. The predicted molar refractivity (Wildman–Crippen MR) is 102 cm³/mol. The third-order valence-electron chi connectivity index (χ3n) is 4.82. The van der Waals surface area contributed by atoms with Gasteiger partial charge in [0.15, 0.2) is 6.10 Å². The van der Waals surface area contributed by atoms with Crippen LogP contribution in [0.2, 0.25) is 0 Å². The second-order valence-corrected chi connectivity index (χ2v) is 8.81. The average Bonchev–Trinajstić information content (AvgIpc) is 2.63. The van der Waals surface area contributed by atoms with Crippen molar-refractivity contribution in [3.8, 4) is 0 Å². The molecule has 2 rings (SSSR count). The van der Waals surface area contributed by atoms with Crippen LogP contribution in [0, 0.1) is 13.8 Å². The van der Waals surface area contributed by atoms with E-state index >= 15 is 0 Å². The van der Waals surface area contributed by atoms with E-state index in [9.17, 15) is 18.0 Å². The molecular weight excluding hydrogens is 368 g/mol. The minimum Gasteiger partial charge on any atom is -0.452 e. The number of hydrogen-bond donors (Lipinski definition) is 2. The number of aryl methyl sites for hydroxylation is 2. The zero-order chi connectivity index (χ0) is 20.0. The number of amides is 1. The molecule has 7 nitrogen and oxygen atoms in total. The molecule has 27 heavy (non-hydrogen) atoms. The molecule has 0 bridgehead atoms. The van der Waals surface area contributed by atoms with E-state index in [-0.39, 0.29) is 16.8 Å². The Balaban J connectivity index is 1.83. The van der Waals surface area contributed by atoms with E-state index < -0.39 is 28.6 Å². The molecule has 0 radical (unpaired) electrons. The fourth-order valence-corrected chi connectivity index (χ4v) is 4.03. The Morgan fingerprint density at radius 1 is 1.15 bits per heavy atom. The lowest BCUT2D eigenvalue weighted by Crippen LogP contribution is -2.43. The maximum atomic E-state index is 12.3. The normalized spacial score (nSPS) is 16.6. The van der Waals surface area contributed by atoms with Crippen molar-refractivity contribution in [1.29, 1.82) is 0 Å². The first-order valence-corrected chi connectivity index (χ1v) is 10.7. The zero-order valence-electron chi connectivity index (χ0n) is 16.1. The number of esters is 1. The van der Waals surface area contributed by atoms with Gasteiger partial charge in [-0.25, -0.2) is 8.42 Å². The monoisotopic (exact) mass is 396 g/mol. The number of nitrogens with one attached hydrogen (secondary N) is 2. The smallest absolute Gasteiger partial charge is 0.321 e. The molecule has 0 spiro atoms. The van der Waals surface area contributed by atoms with E-state index in [2.05, 4.69) is 10.0 Å². The number of ether oxygens (including phenoxy) is 1. The lowest BCUT2D eigenvalue weighted by atomic mass is 9.95. The standard InChI is InChI=1S/C19H28N2O5S/c1-13-9-10-17(11-14(13)2)27(24,25)20-12-18(22)26-15(3)19(23)21-16-7-5-4-6-8-16/h9-11,15-16,20H,4-8,12H2,1-3H3,(H,21,23)/t15-/m1/s1. The van der Waals surface area contributed by atoms with Gasteiger partial charge in [0.25, 0.3) is 5.91 Å². The van der Waals surface area contributed by atoms with Gasteiger partial charge < -0.3 is 10.1 Å². The van der Waals surface area contributed by atoms with Gasteiger partial charge in [-0.3, -0.25) is 9.59 Å². The van der Waals surface area contributed by atoms with E-state index in [1.54, 1.807) is 12.1 Å². The first-order chi connectivity index (χ1) is 12.7. The Morgan fingerprint density at radius 3 is 2.44 bits per heavy atom. The molecule has 1 aliphatic rings. The molecule has 1 amide bonds. The van der Waals surface area contributed by atoms with Gasteiger partial charge >= 0.3 is 5.97 Å². The van der Waals surface area contributed by atoms with Gasteiger partial charge in [-0.2, -0.15) is 4.72 Å². The van der Waals surface area contributed by atoms with E-state index in [0.29, 0.717) is 0 Å². The summed E-state index contributed by atoms with van der Waals surface area (Å²) in [6.45, 7) is 4.65. The summed E-state index contributed by atoms with van der Waals surface area (Å²) in [6.07, 6.45) is 4.24. The number of hydrogen-bond acceptors (Lipinski definition) is 5. The van der Waals surface area contributed by atoms with Crippen molar-refractivity contribution < 1.29 is 22.7 Å². The number of carbonyl (C=O) groups is 2. The molecule has 1 aromatic carbocycles. The molecule has 0 aliphatic heterocycles. The highest BCUT2D eigenvalue weighted by molar-refractivity contribution is 7.89. The maximum absolute atomic E-state index is 12.3. The van der Waals surface area contributed by atoms with Crippen LogP contribution in [0.15, 0.2) is 23.1 Å². The number of carbonyl (C=O) groups excluding carboxylic acids is 2. The Labute approximate surface area is 160 Å². The molecule has 8 heteroatoms. The molecule has 0 heterocycles. The molecular formula is C19H28N2O5S. The topological polar surface area (TPSA) is 102 Å². The van der Waals surface area contributed by atoms with Crippen molar-refractivity contribution in [2.45, 2.75) is 69.9 Å². The van der Waals surface area contributed by atoms with Crippen molar-refractivity contribution >= 4 is 21.9 Å². The van der Waals surface area contributed by atoms with Crippen molar-refractivity contribution in [1.82, 2.24) is 10.0 Å². The quantitative estimate of drug-likeness (QED) is 0.686. The summed E-state index contributed by atoms with van der Waals surface area (Å²) in [5.41, 5.74) is 1.82. The third-order valence-corrected chi connectivity index (χ3v) is 6.22. The average molecular weight is 397 g/mol. The summed E-state index contributed by atoms with van der Waals surface area (Å²) < 4.78 is 31.8. The van der Waals surface area contributed by atoms with Gasteiger partial charge in [-0.1, -0.05) is 25.3 Å². The molecule has 1 aromatic rings. The highest BCUT2D eigenvalue weighted by Crippen LogP contribution is 2.17. The maximum Gasteiger partial charge on any atom is 0.321 e. The predicted octanol–water partition coefficient (Wildman–Crippen LogP) is 1.96. The van der Waals surface area contributed by atoms with Crippen LogP contribution in [0.25, 0.3) is 0 Å². The molecule has 150 valence electrons. The number of sulfonamides is 1. The first kappa shape index (κ1) is 21.4. The van der Waals surface area contributed by atoms with E-state index in [1.165, 1.54) is 19.4 Å². The molecule has 2 N–H and O–H groups in total. The Hall–Kier alpha value is -1.93. The van der Waals surface area contributed by atoms with Gasteiger partial charge in [0, 0.05) is 6.04 Å². The Bertz CT molecular complexity index is 785. The molecule has 1 saturated carbocycles. The fourth-order valence-electron chi connectivity index (χ4n) is 2.98. The van der Waals surface area contributed by atoms with Crippen LogP contribution in [0.1, 0.15) is 50.2 Å². The summed E-state index contributed by atoms with van der Waals surface area (Å²) in [6, 6.07) is 4.86. The van der Waals surface area contributed by atoms with Gasteiger partial charge in [0.1, 0.15) is 6.54 Å². The first-order valence-electron chi connectivity index (χ1n) is 9.26. The van der Waals surface area contributed by atoms with Crippen LogP contribution in [0.4, 0.5) is 0 Å². The molecule has 0 saturated heterocycles. The molecule has 0 unspecified atom stereocenters. The minimum absolute atomic E-state index is 0.0847. The van der Waals surface area contributed by atoms with Gasteiger partial charge in [0.2, 0.25) is 10.0 Å². The summed E-state index contributed by atoms with van der Waals surface area (Å²) >= 11 is 0. The van der Waals surface area contributed by atoms with Crippen LogP contribution in [-0.2, 0) is 24.3 Å². The van der Waals surface area contributed by atoms with Gasteiger partial charge in [-0.05, 0) is 56.9 Å². The van der Waals surface area contributed by atoms with Crippen LogP contribution in [0.5, 0.6) is 0 Å². The van der Waals surface area contributed by atoms with Crippen molar-refractivity contribution in [3.05, 3.63) is 29.3 Å². The van der Waals surface area contributed by atoms with Gasteiger partial charge in [0.05, 0.1) is 4.90 Å². The summed E-state index contributed by atoms with van der Waals surface area (Å²) in [5.74, 6) is -1.15. The van der Waals surface area contributed by atoms with Crippen LogP contribution in [0.3, 0.4) is 0 Å². The van der Waals surface area contributed by atoms with Gasteiger partial charge in [-0.15, -0.1) is 0 Å². The van der Waals surface area contributed by atoms with Crippen molar-refractivity contribution in [3.63, 3.8) is 0 Å². The Kier molecular flexibility index (Phi) is 7.38. The number of rotatable bonds is 7. The lowest BCUT2D eigenvalue weighted by molar-refractivity contribution is -0.154. The third kappa shape index (κ3) is 6.32. The fraction of sp³-hybridized carbons (Fsp3) is 0.579. The lowest BCUT2D eigenvalue weighted by Gasteiger charge is -2.24. The Morgan fingerprint density at radius 2 is 1.81 bits per heavy atom. The van der Waals surface area contributed by atoms with Crippen LogP contribution >= 0.6 is 0 Å². The van der Waals surface area contributed by atoms with Crippen LogP contribution < -0.4 is 10.0 Å². The second kappa shape index (κ2) is 9.32. The highest BCUT2D eigenvalue weighted by atomic mass is 32.2. The zero-order valence-corrected chi connectivity index (χ0v) is 16.9. The highest BCUT2D eigenvalue weighted by Gasteiger charge is 2.23.